The summed E-state index contributed by atoms with van der Waals surface area (Å²) in [5, 5.41) is 9.20. The monoisotopic (exact) mass is 510 g/mol. The number of halogens is 1. The number of aliphatic imine (C=N–C) groups is 1. The highest BCUT2D eigenvalue weighted by Gasteiger charge is 2.08. The molecule has 0 radical (unpaired) electrons. The standard InChI is InChI=1S/C22H30N4O2.HI/c1-16-5-9-19(10-6-16)17(2)13-25-22(23-3)26-15-21(27)24-14-18-7-11-20(28-4)12-8-18;/h5-12,17H,13-15H2,1-4H3,(H,24,27)(H2,23,25,26);1H. The van der Waals surface area contributed by atoms with Crippen molar-refractivity contribution in [3.63, 3.8) is 0 Å². The van der Waals surface area contributed by atoms with E-state index in [1.807, 2.05) is 24.3 Å². The highest BCUT2D eigenvalue weighted by molar-refractivity contribution is 14.0. The number of guanidine groups is 1. The lowest BCUT2D eigenvalue weighted by atomic mass is 10.0. The first-order valence-electron chi connectivity index (χ1n) is 9.42. The van der Waals surface area contributed by atoms with E-state index in [1.165, 1.54) is 11.1 Å². The van der Waals surface area contributed by atoms with Crippen LogP contribution in [0.1, 0.15) is 29.5 Å². The number of nitrogens with one attached hydrogen (secondary N) is 3. The number of carbonyl (C=O) groups is 1. The Morgan fingerprint density at radius 3 is 2.28 bits per heavy atom. The zero-order chi connectivity index (χ0) is 20.4. The van der Waals surface area contributed by atoms with Gasteiger partial charge in [0.15, 0.2) is 5.96 Å². The molecule has 2 aromatic carbocycles. The van der Waals surface area contributed by atoms with Crippen molar-refractivity contribution in [1.82, 2.24) is 16.0 Å². The molecule has 2 aromatic rings. The fourth-order valence-corrected chi connectivity index (χ4v) is 2.65. The summed E-state index contributed by atoms with van der Waals surface area (Å²) in [6.45, 7) is 5.61. The van der Waals surface area contributed by atoms with Crippen molar-refractivity contribution in [2.24, 2.45) is 4.99 Å². The molecule has 0 saturated carbocycles. The molecule has 0 bridgehead atoms. The van der Waals surface area contributed by atoms with Crippen LogP contribution in [0.4, 0.5) is 0 Å². The lowest BCUT2D eigenvalue weighted by molar-refractivity contribution is -0.120. The predicted octanol–water partition coefficient (Wildman–Crippen LogP) is 3.21. The molecule has 6 nitrogen and oxygen atoms in total. The molecule has 1 amide bonds. The zero-order valence-corrected chi connectivity index (χ0v) is 19.8. The summed E-state index contributed by atoms with van der Waals surface area (Å²) in [6, 6.07) is 16.1. The number of nitrogens with zero attached hydrogens (tertiary/aromatic N) is 1. The molecule has 0 aliphatic carbocycles. The first-order chi connectivity index (χ1) is 13.5. The SMILES string of the molecule is CN=C(NCC(=O)NCc1ccc(OC)cc1)NCC(C)c1ccc(C)cc1.I. The molecule has 3 N–H and O–H groups in total. The Morgan fingerprint density at radius 1 is 1.03 bits per heavy atom. The van der Waals surface area contributed by atoms with Gasteiger partial charge in [-0.15, -0.1) is 24.0 Å². The van der Waals surface area contributed by atoms with E-state index < -0.39 is 0 Å². The van der Waals surface area contributed by atoms with E-state index in [4.69, 9.17) is 4.74 Å². The molecule has 0 fully saturated rings. The van der Waals surface area contributed by atoms with Gasteiger partial charge in [-0.25, -0.2) is 0 Å². The van der Waals surface area contributed by atoms with Crippen LogP contribution in [0.15, 0.2) is 53.5 Å². The third-order valence-electron chi connectivity index (χ3n) is 4.51. The van der Waals surface area contributed by atoms with Crippen LogP contribution in [0.25, 0.3) is 0 Å². The largest absolute Gasteiger partial charge is 0.497 e. The van der Waals surface area contributed by atoms with Crippen LogP contribution in [-0.2, 0) is 11.3 Å². The highest BCUT2D eigenvalue weighted by atomic mass is 127. The first-order valence-corrected chi connectivity index (χ1v) is 9.42. The lowest BCUT2D eigenvalue weighted by Gasteiger charge is -2.16. The maximum absolute atomic E-state index is 12.1. The topological polar surface area (TPSA) is 74.8 Å². The molecular formula is C22H31IN4O2. The van der Waals surface area contributed by atoms with Gasteiger partial charge in [0, 0.05) is 20.1 Å². The van der Waals surface area contributed by atoms with Crippen LogP contribution in [0, 0.1) is 6.92 Å². The van der Waals surface area contributed by atoms with Crippen molar-refractivity contribution in [2.45, 2.75) is 26.3 Å². The average molecular weight is 510 g/mol. The van der Waals surface area contributed by atoms with Crippen LogP contribution in [0.5, 0.6) is 5.75 Å². The molecule has 0 saturated heterocycles. The smallest absolute Gasteiger partial charge is 0.239 e. The summed E-state index contributed by atoms with van der Waals surface area (Å²) in [7, 11) is 3.33. The average Bonchev–Trinajstić information content (AvgIpc) is 2.73. The van der Waals surface area contributed by atoms with Gasteiger partial charge in [0.2, 0.25) is 5.91 Å². The Balaban J connectivity index is 0.00000420. The van der Waals surface area contributed by atoms with Crippen LogP contribution >= 0.6 is 24.0 Å². The van der Waals surface area contributed by atoms with Gasteiger partial charge in [-0.2, -0.15) is 0 Å². The molecule has 0 spiro atoms. The van der Waals surface area contributed by atoms with Gasteiger partial charge < -0.3 is 20.7 Å². The van der Waals surface area contributed by atoms with Crippen LogP contribution in [0.3, 0.4) is 0 Å². The van der Waals surface area contributed by atoms with Crippen LogP contribution < -0.4 is 20.7 Å². The minimum absolute atomic E-state index is 0. The van der Waals surface area contributed by atoms with E-state index in [-0.39, 0.29) is 36.4 Å². The Kier molecular flexibility index (Phi) is 11.1. The Morgan fingerprint density at radius 2 is 1.69 bits per heavy atom. The molecule has 2 rings (SSSR count). The maximum Gasteiger partial charge on any atom is 0.239 e. The third-order valence-corrected chi connectivity index (χ3v) is 4.51. The zero-order valence-electron chi connectivity index (χ0n) is 17.5. The molecule has 7 heteroatoms. The van der Waals surface area contributed by atoms with Gasteiger partial charge in [0.05, 0.1) is 13.7 Å². The number of benzene rings is 2. The van der Waals surface area contributed by atoms with Crippen molar-refractivity contribution in [1.29, 1.82) is 0 Å². The van der Waals surface area contributed by atoms with E-state index in [2.05, 4.69) is 59.1 Å². The van der Waals surface area contributed by atoms with Crippen LogP contribution in [0.2, 0.25) is 0 Å². The lowest BCUT2D eigenvalue weighted by Crippen LogP contribution is -2.43. The van der Waals surface area contributed by atoms with Gasteiger partial charge in [0.25, 0.3) is 0 Å². The number of aryl methyl sites for hydroxylation is 1. The number of hydrogen-bond acceptors (Lipinski definition) is 3. The van der Waals surface area contributed by atoms with Crippen molar-refractivity contribution in [3.8, 4) is 5.75 Å². The number of methoxy groups -OCH3 is 1. The van der Waals surface area contributed by atoms with Crippen molar-refractivity contribution in [3.05, 3.63) is 65.2 Å². The fourth-order valence-electron chi connectivity index (χ4n) is 2.65. The van der Waals surface area contributed by atoms with Crippen molar-refractivity contribution in [2.75, 3.05) is 27.2 Å². The normalized spacial score (nSPS) is 11.8. The molecule has 0 aliphatic heterocycles. The van der Waals surface area contributed by atoms with Gasteiger partial charge >= 0.3 is 0 Å². The first kappa shape index (κ1) is 24.7. The summed E-state index contributed by atoms with van der Waals surface area (Å²) in [5.41, 5.74) is 3.54. The Bertz CT molecular complexity index is 776. The summed E-state index contributed by atoms with van der Waals surface area (Å²) in [6.07, 6.45) is 0. The second-order valence-corrected chi connectivity index (χ2v) is 6.74. The molecule has 1 atom stereocenters. The number of amides is 1. The Hall–Kier alpha value is -2.29. The minimum atomic E-state index is -0.0923. The van der Waals surface area contributed by atoms with E-state index in [1.54, 1.807) is 14.2 Å². The highest BCUT2D eigenvalue weighted by Crippen LogP contribution is 2.14. The van der Waals surface area contributed by atoms with Crippen molar-refractivity contribution >= 4 is 35.8 Å². The predicted molar refractivity (Wildman–Crippen MR) is 129 cm³/mol. The maximum atomic E-state index is 12.1. The molecule has 29 heavy (non-hydrogen) atoms. The van der Waals surface area contributed by atoms with Gasteiger partial charge in [0.1, 0.15) is 5.75 Å². The summed E-state index contributed by atoms with van der Waals surface area (Å²) >= 11 is 0. The molecule has 158 valence electrons. The van der Waals surface area contributed by atoms with E-state index in [9.17, 15) is 4.79 Å². The minimum Gasteiger partial charge on any atom is -0.497 e. The van der Waals surface area contributed by atoms with Gasteiger partial charge in [-0.1, -0.05) is 48.9 Å². The third kappa shape index (κ3) is 8.72. The van der Waals surface area contributed by atoms with E-state index >= 15 is 0 Å². The van der Waals surface area contributed by atoms with Crippen LogP contribution in [-0.4, -0.2) is 39.1 Å². The number of ether oxygens (including phenoxy) is 1. The summed E-state index contributed by atoms with van der Waals surface area (Å²) in [4.78, 5) is 16.2. The summed E-state index contributed by atoms with van der Waals surface area (Å²) in [5.74, 6) is 1.65. The fraction of sp³-hybridized carbons (Fsp3) is 0.364. The van der Waals surface area contributed by atoms with Gasteiger partial charge in [-0.3, -0.25) is 9.79 Å². The second-order valence-electron chi connectivity index (χ2n) is 6.74. The molecular weight excluding hydrogens is 479 g/mol. The summed E-state index contributed by atoms with van der Waals surface area (Å²) < 4.78 is 5.13. The molecule has 0 heterocycles. The Labute approximate surface area is 190 Å². The quantitative estimate of drug-likeness (QED) is 0.290. The number of hydrogen-bond donors (Lipinski definition) is 3. The molecule has 0 aliphatic rings. The van der Waals surface area contributed by atoms with Crippen molar-refractivity contribution < 1.29 is 9.53 Å². The van der Waals surface area contributed by atoms with Gasteiger partial charge in [-0.05, 0) is 36.1 Å². The number of rotatable bonds is 8. The second kappa shape index (κ2) is 13.0. The van der Waals surface area contributed by atoms with E-state index in [0.717, 1.165) is 17.9 Å². The number of carbonyl (C=O) groups excluding carboxylic acids is 1. The van der Waals surface area contributed by atoms with E-state index in [0.29, 0.717) is 18.4 Å². The molecule has 0 aromatic heterocycles. The molecule has 1 unspecified atom stereocenters.